The van der Waals surface area contributed by atoms with Crippen LogP contribution in [0, 0.1) is 6.92 Å². The van der Waals surface area contributed by atoms with Gasteiger partial charge in [-0.2, -0.15) is 0 Å². The zero-order valence-corrected chi connectivity index (χ0v) is 11.6. The van der Waals surface area contributed by atoms with E-state index in [9.17, 15) is 4.79 Å². The molecule has 1 aliphatic rings. The van der Waals surface area contributed by atoms with Crippen molar-refractivity contribution in [2.75, 3.05) is 12.4 Å². The van der Waals surface area contributed by atoms with Crippen LogP contribution >= 0.6 is 0 Å². The fourth-order valence-electron chi connectivity index (χ4n) is 2.92. The molecule has 0 atom stereocenters. The van der Waals surface area contributed by atoms with E-state index in [0.717, 1.165) is 33.3 Å². The van der Waals surface area contributed by atoms with Crippen LogP contribution in [0.1, 0.15) is 41.3 Å². The van der Waals surface area contributed by atoms with Crippen molar-refractivity contribution in [1.82, 2.24) is 0 Å². The number of carbonyl (C=O) groups is 1. The van der Waals surface area contributed by atoms with E-state index < -0.39 is 0 Å². The third-order valence-electron chi connectivity index (χ3n) is 3.84. The molecule has 0 saturated heterocycles. The van der Waals surface area contributed by atoms with Gasteiger partial charge in [0.25, 0.3) is 5.91 Å². The van der Waals surface area contributed by atoms with Gasteiger partial charge in [0.15, 0.2) is 0 Å². The molecular weight excluding hydrogens is 238 g/mol. The van der Waals surface area contributed by atoms with Crippen LogP contribution in [0.15, 0.2) is 18.2 Å². The smallest absolute Gasteiger partial charge is 0.256 e. The molecule has 3 heteroatoms. The molecule has 19 heavy (non-hydrogen) atoms. The number of hydrogen-bond donors (Lipinski definition) is 1. The van der Waals surface area contributed by atoms with Gasteiger partial charge in [0.2, 0.25) is 0 Å². The second-order valence-electron chi connectivity index (χ2n) is 5.35. The topological polar surface area (TPSA) is 38.3 Å². The summed E-state index contributed by atoms with van der Waals surface area (Å²) in [7, 11) is 1.64. The molecule has 3 nitrogen and oxygen atoms in total. The molecule has 2 aromatic rings. The number of methoxy groups -OCH3 is 1. The highest BCUT2D eigenvalue weighted by atomic mass is 16.5. The Bertz CT molecular complexity index is 702. The second kappa shape index (κ2) is 3.98. The van der Waals surface area contributed by atoms with Gasteiger partial charge < -0.3 is 10.1 Å². The molecule has 0 fully saturated rings. The number of benzene rings is 2. The minimum absolute atomic E-state index is 0.00625. The minimum Gasteiger partial charge on any atom is -0.497 e. The van der Waals surface area contributed by atoms with E-state index in [2.05, 4.69) is 25.2 Å². The second-order valence-corrected chi connectivity index (χ2v) is 5.35. The van der Waals surface area contributed by atoms with Gasteiger partial charge in [0.05, 0.1) is 18.4 Å². The number of amides is 1. The third kappa shape index (κ3) is 1.61. The molecule has 1 aliphatic heterocycles. The Morgan fingerprint density at radius 2 is 1.95 bits per heavy atom. The first-order valence-electron chi connectivity index (χ1n) is 6.49. The zero-order chi connectivity index (χ0) is 13.7. The van der Waals surface area contributed by atoms with Gasteiger partial charge in [-0.05, 0) is 35.4 Å². The molecule has 98 valence electrons. The monoisotopic (exact) mass is 255 g/mol. The van der Waals surface area contributed by atoms with E-state index in [1.165, 1.54) is 5.56 Å². The van der Waals surface area contributed by atoms with Gasteiger partial charge in [-0.25, -0.2) is 0 Å². The first-order valence-corrected chi connectivity index (χ1v) is 6.49. The van der Waals surface area contributed by atoms with E-state index in [0.29, 0.717) is 5.92 Å². The van der Waals surface area contributed by atoms with Crippen LogP contribution < -0.4 is 10.1 Å². The minimum atomic E-state index is -0.00625. The SMILES string of the molecule is COc1cc2c3c(c(C)c(C(C)C)cc3c1)C(=O)N2. The Morgan fingerprint density at radius 1 is 1.21 bits per heavy atom. The predicted octanol–water partition coefficient (Wildman–Crippen LogP) is 3.85. The molecule has 0 aliphatic carbocycles. The van der Waals surface area contributed by atoms with Gasteiger partial charge in [-0.1, -0.05) is 19.9 Å². The van der Waals surface area contributed by atoms with Crippen molar-refractivity contribution in [2.45, 2.75) is 26.7 Å². The zero-order valence-electron chi connectivity index (χ0n) is 11.6. The fraction of sp³-hybridized carbons (Fsp3) is 0.312. The van der Waals surface area contributed by atoms with Crippen LogP contribution in [0.3, 0.4) is 0 Å². The lowest BCUT2D eigenvalue weighted by Crippen LogP contribution is -2.07. The first-order chi connectivity index (χ1) is 9.02. The molecule has 1 N–H and O–H groups in total. The van der Waals surface area contributed by atoms with Gasteiger partial charge in [0, 0.05) is 11.5 Å². The lowest BCUT2D eigenvalue weighted by atomic mass is 9.90. The molecule has 0 unspecified atom stereocenters. The van der Waals surface area contributed by atoms with Crippen LogP contribution in [0.2, 0.25) is 0 Å². The van der Waals surface area contributed by atoms with Crippen LogP contribution in [0.25, 0.3) is 10.8 Å². The van der Waals surface area contributed by atoms with E-state index in [4.69, 9.17) is 4.74 Å². The maximum Gasteiger partial charge on any atom is 0.256 e. The number of carbonyl (C=O) groups excluding carboxylic acids is 1. The van der Waals surface area contributed by atoms with Crippen LogP contribution in [0.4, 0.5) is 5.69 Å². The molecule has 0 radical (unpaired) electrons. The Hall–Kier alpha value is -2.03. The average molecular weight is 255 g/mol. The van der Waals surface area contributed by atoms with Crippen LogP contribution in [0.5, 0.6) is 5.75 Å². The molecule has 1 heterocycles. The van der Waals surface area contributed by atoms with Crippen molar-refractivity contribution < 1.29 is 9.53 Å². The molecule has 0 bridgehead atoms. The van der Waals surface area contributed by atoms with Crippen LogP contribution in [-0.2, 0) is 0 Å². The molecule has 1 amide bonds. The molecular formula is C16H17NO2. The highest BCUT2D eigenvalue weighted by Gasteiger charge is 2.26. The third-order valence-corrected chi connectivity index (χ3v) is 3.84. The van der Waals surface area contributed by atoms with Gasteiger partial charge in [-0.15, -0.1) is 0 Å². The Morgan fingerprint density at radius 3 is 2.58 bits per heavy atom. The van der Waals surface area contributed by atoms with Gasteiger partial charge in [0.1, 0.15) is 5.75 Å². The average Bonchev–Trinajstić information content (AvgIpc) is 2.70. The van der Waals surface area contributed by atoms with Crippen molar-refractivity contribution >= 4 is 22.4 Å². The summed E-state index contributed by atoms with van der Waals surface area (Å²) >= 11 is 0. The lowest BCUT2D eigenvalue weighted by Gasteiger charge is -2.14. The summed E-state index contributed by atoms with van der Waals surface area (Å²) in [6.45, 7) is 6.33. The van der Waals surface area contributed by atoms with Crippen molar-refractivity contribution in [1.29, 1.82) is 0 Å². The van der Waals surface area contributed by atoms with Crippen molar-refractivity contribution in [3.8, 4) is 5.75 Å². The summed E-state index contributed by atoms with van der Waals surface area (Å²) in [5.74, 6) is 1.16. The maximum absolute atomic E-state index is 12.2. The quantitative estimate of drug-likeness (QED) is 0.885. The largest absolute Gasteiger partial charge is 0.497 e. The first kappa shape index (κ1) is 12.0. The standard InChI is InChI=1S/C16H17NO2/c1-8(2)12-6-10-5-11(19-4)7-13-15(10)14(9(12)3)16(18)17-13/h5-8H,1-4H3,(H,17,18). The number of anilines is 1. The lowest BCUT2D eigenvalue weighted by molar-refractivity contribution is 0.103. The van der Waals surface area contributed by atoms with E-state index in [1.54, 1.807) is 7.11 Å². The summed E-state index contributed by atoms with van der Waals surface area (Å²) in [6.07, 6.45) is 0. The normalized spacial score (nSPS) is 13.2. The molecule has 2 aromatic carbocycles. The van der Waals surface area contributed by atoms with Crippen molar-refractivity contribution in [3.05, 3.63) is 34.9 Å². The molecule has 0 spiro atoms. The molecule has 0 saturated carbocycles. The van der Waals surface area contributed by atoms with Gasteiger partial charge in [-0.3, -0.25) is 4.79 Å². The number of hydrogen-bond acceptors (Lipinski definition) is 2. The Labute approximate surface area is 112 Å². The van der Waals surface area contributed by atoms with Gasteiger partial charge >= 0.3 is 0 Å². The molecule has 3 rings (SSSR count). The van der Waals surface area contributed by atoms with E-state index in [1.807, 2.05) is 19.1 Å². The maximum atomic E-state index is 12.2. The van der Waals surface area contributed by atoms with Crippen molar-refractivity contribution in [2.24, 2.45) is 0 Å². The summed E-state index contributed by atoms with van der Waals surface area (Å²) in [5, 5.41) is 5.02. The Balaban J connectivity index is 2.44. The van der Waals surface area contributed by atoms with Crippen LogP contribution in [-0.4, -0.2) is 13.0 Å². The fourth-order valence-corrected chi connectivity index (χ4v) is 2.92. The predicted molar refractivity (Wildman–Crippen MR) is 77.3 cm³/mol. The molecule has 0 aromatic heterocycles. The van der Waals surface area contributed by atoms with Crippen molar-refractivity contribution in [3.63, 3.8) is 0 Å². The van der Waals surface area contributed by atoms with E-state index in [-0.39, 0.29) is 5.91 Å². The summed E-state index contributed by atoms with van der Waals surface area (Å²) in [5.41, 5.74) is 3.98. The Kier molecular flexibility index (Phi) is 2.52. The highest BCUT2D eigenvalue weighted by molar-refractivity contribution is 6.25. The summed E-state index contributed by atoms with van der Waals surface area (Å²) in [4.78, 5) is 12.2. The number of nitrogens with one attached hydrogen (secondary N) is 1. The number of ether oxygens (including phenoxy) is 1. The van der Waals surface area contributed by atoms with E-state index >= 15 is 0 Å². The highest BCUT2D eigenvalue weighted by Crippen LogP contribution is 2.40. The number of rotatable bonds is 2. The summed E-state index contributed by atoms with van der Waals surface area (Å²) in [6, 6.07) is 6.05. The summed E-state index contributed by atoms with van der Waals surface area (Å²) < 4.78 is 5.30.